The van der Waals surface area contributed by atoms with Gasteiger partial charge in [0.05, 0.1) is 5.69 Å². The Balaban J connectivity index is 0.000000409. The highest BCUT2D eigenvalue weighted by molar-refractivity contribution is 6.28. The maximum absolute atomic E-state index is 10.8. The Labute approximate surface area is 166 Å². The van der Waals surface area contributed by atoms with Gasteiger partial charge in [-0.2, -0.15) is 23.3 Å². The maximum atomic E-state index is 10.8. The molecule has 0 fully saturated rings. The van der Waals surface area contributed by atoms with Crippen LogP contribution < -0.4 is 5.32 Å². The van der Waals surface area contributed by atoms with Crippen molar-refractivity contribution < 1.29 is 13.2 Å². The molecular formula is C18H22ClF3N6. The van der Waals surface area contributed by atoms with Gasteiger partial charge in [-0.25, -0.2) is 9.97 Å². The van der Waals surface area contributed by atoms with E-state index in [1.807, 2.05) is 22.9 Å². The van der Waals surface area contributed by atoms with Crippen LogP contribution in [-0.2, 0) is 13.0 Å². The molecule has 0 aromatic carbocycles. The number of rotatable bonds is 5. The van der Waals surface area contributed by atoms with Crippen molar-refractivity contribution in [2.24, 2.45) is 0 Å². The standard InChI is InChI=1S/C15H17ClN6.C3H5F3/c1-3-9-22-13-12(10(4-2)21-22)19-15(16)20-14(13)18-11-7-5-6-8-17-11;1-2-3(4,5)6/h5-8H,3-4,9H2,1-2H3,(H,17,18,19,20);2H2,1H3. The molecule has 0 amide bonds. The van der Waals surface area contributed by atoms with Crippen molar-refractivity contribution in [1.29, 1.82) is 0 Å². The van der Waals surface area contributed by atoms with E-state index in [1.54, 1.807) is 6.20 Å². The average Bonchev–Trinajstić information content (AvgIpc) is 3.00. The number of hydrogen-bond donors (Lipinski definition) is 1. The lowest BCUT2D eigenvalue weighted by atomic mass is 10.3. The predicted molar refractivity (Wildman–Crippen MR) is 104 cm³/mol. The molecule has 3 aromatic heterocycles. The first kappa shape index (κ1) is 21.9. The monoisotopic (exact) mass is 414 g/mol. The van der Waals surface area contributed by atoms with Crippen LogP contribution in [0.2, 0.25) is 5.28 Å². The molecule has 1 N–H and O–H groups in total. The van der Waals surface area contributed by atoms with Gasteiger partial charge in [-0.15, -0.1) is 0 Å². The van der Waals surface area contributed by atoms with Crippen LogP contribution in [0.3, 0.4) is 0 Å². The van der Waals surface area contributed by atoms with Crippen molar-refractivity contribution in [3.05, 3.63) is 35.4 Å². The zero-order valence-corrected chi connectivity index (χ0v) is 16.6. The molecule has 0 aliphatic rings. The van der Waals surface area contributed by atoms with Gasteiger partial charge >= 0.3 is 6.18 Å². The van der Waals surface area contributed by atoms with Crippen LogP contribution in [0.1, 0.15) is 39.3 Å². The van der Waals surface area contributed by atoms with E-state index in [-0.39, 0.29) is 5.28 Å². The zero-order valence-electron chi connectivity index (χ0n) is 15.9. The van der Waals surface area contributed by atoms with E-state index in [4.69, 9.17) is 11.6 Å². The third-order valence-corrected chi connectivity index (χ3v) is 3.88. The number of halogens is 4. The van der Waals surface area contributed by atoms with Crippen molar-refractivity contribution in [1.82, 2.24) is 24.7 Å². The van der Waals surface area contributed by atoms with Crippen LogP contribution in [0, 0.1) is 0 Å². The second-order valence-corrected chi connectivity index (χ2v) is 6.21. The first-order valence-corrected chi connectivity index (χ1v) is 9.34. The van der Waals surface area contributed by atoms with E-state index in [1.165, 1.54) is 0 Å². The summed E-state index contributed by atoms with van der Waals surface area (Å²) in [6.45, 7) is 6.06. The molecule has 152 valence electrons. The normalized spacial score (nSPS) is 11.2. The van der Waals surface area contributed by atoms with Crippen LogP contribution in [0.25, 0.3) is 11.0 Å². The quantitative estimate of drug-likeness (QED) is 0.554. The van der Waals surface area contributed by atoms with Crippen LogP contribution in [0.4, 0.5) is 24.8 Å². The number of fused-ring (bicyclic) bond motifs is 1. The van der Waals surface area contributed by atoms with Crippen molar-refractivity contribution in [3.63, 3.8) is 0 Å². The van der Waals surface area contributed by atoms with Gasteiger partial charge in [-0.3, -0.25) is 4.68 Å². The number of nitrogens with zero attached hydrogens (tertiary/aromatic N) is 5. The molecule has 6 nitrogen and oxygen atoms in total. The van der Waals surface area contributed by atoms with Gasteiger partial charge in [0.1, 0.15) is 16.9 Å². The highest BCUT2D eigenvalue weighted by atomic mass is 35.5. The Bertz CT molecular complexity index is 896. The highest BCUT2D eigenvalue weighted by Gasteiger charge is 2.22. The van der Waals surface area contributed by atoms with E-state index >= 15 is 0 Å². The van der Waals surface area contributed by atoms with Crippen molar-refractivity contribution in [2.45, 2.75) is 52.8 Å². The number of alkyl halides is 3. The van der Waals surface area contributed by atoms with Gasteiger partial charge < -0.3 is 5.32 Å². The largest absolute Gasteiger partial charge is 0.388 e. The molecule has 3 heterocycles. The summed E-state index contributed by atoms with van der Waals surface area (Å²) in [7, 11) is 0. The van der Waals surface area contributed by atoms with Crippen LogP contribution in [0.15, 0.2) is 24.4 Å². The Morgan fingerprint density at radius 1 is 1.14 bits per heavy atom. The lowest BCUT2D eigenvalue weighted by Crippen LogP contribution is -2.04. The summed E-state index contributed by atoms with van der Waals surface area (Å²) in [6, 6.07) is 5.66. The Morgan fingerprint density at radius 3 is 2.39 bits per heavy atom. The van der Waals surface area contributed by atoms with Crippen LogP contribution in [-0.4, -0.2) is 30.9 Å². The third-order valence-electron chi connectivity index (χ3n) is 3.71. The fourth-order valence-electron chi connectivity index (χ4n) is 2.37. The SMILES string of the molecule is CCC(F)(F)F.CCCn1nc(CC)c2nc(Cl)nc(Nc3ccccn3)c21. The van der Waals surface area contributed by atoms with Crippen LogP contribution >= 0.6 is 11.6 Å². The average molecular weight is 415 g/mol. The van der Waals surface area contributed by atoms with Crippen molar-refractivity contribution >= 4 is 34.3 Å². The molecule has 0 spiro atoms. The molecule has 0 atom stereocenters. The minimum absolute atomic E-state index is 0.205. The minimum Gasteiger partial charge on any atom is -0.323 e. The molecule has 0 unspecified atom stereocenters. The van der Waals surface area contributed by atoms with Gasteiger partial charge in [0, 0.05) is 19.2 Å². The molecule has 0 saturated heterocycles. The zero-order chi connectivity index (χ0) is 20.7. The Morgan fingerprint density at radius 2 is 1.86 bits per heavy atom. The highest BCUT2D eigenvalue weighted by Crippen LogP contribution is 2.27. The van der Waals surface area contributed by atoms with E-state index in [2.05, 4.69) is 39.2 Å². The summed E-state index contributed by atoms with van der Waals surface area (Å²) >= 11 is 6.09. The molecule has 10 heteroatoms. The van der Waals surface area contributed by atoms with Gasteiger partial charge in [0.25, 0.3) is 0 Å². The van der Waals surface area contributed by atoms with E-state index in [0.717, 1.165) is 43.0 Å². The minimum atomic E-state index is -3.96. The number of anilines is 2. The van der Waals surface area contributed by atoms with Gasteiger partial charge in [0.2, 0.25) is 5.28 Å². The summed E-state index contributed by atoms with van der Waals surface area (Å²) < 4.78 is 34.3. The molecule has 0 saturated carbocycles. The lowest BCUT2D eigenvalue weighted by Gasteiger charge is -2.08. The van der Waals surface area contributed by atoms with E-state index < -0.39 is 12.6 Å². The first-order chi connectivity index (χ1) is 13.3. The van der Waals surface area contributed by atoms with Gasteiger partial charge in [0.15, 0.2) is 5.82 Å². The Hall–Kier alpha value is -2.42. The third kappa shape index (κ3) is 5.79. The molecular weight excluding hydrogens is 393 g/mol. The van der Waals surface area contributed by atoms with Gasteiger partial charge in [-0.05, 0) is 36.6 Å². The second-order valence-electron chi connectivity index (χ2n) is 5.87. The molecule has 0 aliphatic heterocycles. The predicted octanol–water partition coefficient (Wildman–Crippen LogP) is 5.55. The Kier molecular flexibility index (Phi) is 7.56. The van der Waals surface area contributed by atoms with Crippen molar-refractivity contribution in [2.75, 3.05) is 5.32 Å². The van der Waals surface area contributed by atoms with Crippen LogP contribution in [0.5, 0.6) is 0 Å². The first-order valence-electron chi connectivity index (χ1n) is 8.96. The number of aromatic nitrogens is 5. The number of pyridine rings is 1. The summed E-state index contributed by atoms with van der Waals surface area (Å²) in [6.07, 6.45) is -1.19. The summed E-state index contributed by atoms with van der Waals surface area (Å²) in [4.78, 5) is 13.0. The second kappa shape index (κ2) is 9.68. The molecule has 0 bridgehead atoms. The molecule has 0 aliphatic carbocycles. The summed E-state index contributed by atoms with van der Waals surface area (Å²) in [5.41, 5.74) is 2.60. The fourth-order valence-corrected chi connectivity index (χ4v) is 2.54. The van der Waals surface area contributed by atoms with E-state index in [0.29, 0.717) is 11.6 Å². The topological polar surface area (TPSA) is 68.5 Å². The lowest BCUT2D eigenvalue weighted by molar-refractivity contribution is -0.130. The molecule has 28 heavy (non-hydrogen) atoms. The molecule has 3 rings (SSSR count). The number of aryl methyl sites for hydroxylation is 2. The summed E-state index contributed by atoms with van der Waals surface area (Å²) in [5.74, 6) is 1.34. The number of hydrogen-bond acceptors (Lipinski definition) is 5. The fraction of sp³-hybridized carbons (Fsp3) is 0.444. The van der Waals surface area contributed by atoms with Crippen molar-refractivity contribution in [3.8, 4) is 0 Å². The summed E-state index contributed by atoms with van der Waals surface area (Å²) in [5, 5.41) is 8.06. The smallest absolute Gasteiger partial charge is 0.323 e. The maximum Gasteiger partial charge on any atom is 0.388 e. The number of nitrogens with one attached hydrogen (secondary N) is 1. The molecule has 3 aromatic rings. The van der Waals surface area contributed by atoms with Gasteiger partial charge in [-0.1, -0.05) is 26.8 Å². The van der Waals surface area contributed by atoms with E-state index in [9.17, 15) is 13.2 Å². The molecule has 0 radical (unpaired) electrons.